The Bertz CT molecular complexity index is 706. The molecule has 9 heteroatoms. The van der Waals surface area contributed by atoms with Crippen molar-refractivity contribution in [3.05, 3.63) is 17.7 Å². The largest absolute Gasteiger partial charge is 0.493 e. The summed E-state index contributed by atoms with van der Waals surface area (Å²) in [6.45, 7) is 0.302. The molecule has 0 atom stereocenters. The third-order valence-corrected chi connectivity index (χ3v) is 4.77. The molecule has 2 rings (SSSR count). The SMILES string of the molecule is COc1cc(C(=O)NCCNC(=O)C2CCCCC2)cc(OC)c1OCC(N)=O. The summed E-state index contributed by atoms with van der Waals surface area (Å²) < 4.78 is 15.8. The highest BCUT2D eigenvalue weighted by Gasteiger charge is 2.21. The standard InChI is InChI=1S/C20H29N3O6/c1-27-15-10-14(11-16(28-2)18(15)29-12-17(21)24)20(26)23-9-8-22-19(25)13-6-4-3-5-7-13/h10-11,13H,3-9,12H2,1-2H3,(H2,21,24)(H,22,25)(H,23,26). The van der Waals surface area contributed by atoms with Crippen LogP contribution in [0.15, 0.2) is 12.1 Å². The topological polar surface area (TPSA) is 129 Å². The zero-order valence-corrected chi connectivity index (χ0v) is 16.9. The molecule has 0 saturated heterocycles. The maximum Gasteiger partial charge on any atom is 0.255 e. The van der Waals surface area contributed by atoms with Gasteiger partial charge in [-0.2, -0.15) is 0 Å². The second kappa shape index (κ2) is 11.1. The van der Waals surface area contributed by atoms with Crippen LogP contribution in [-0.2, 0) is 9.59 Å². The van der Waals surface area contributed by atoms with Gasteiger partial charge >= 0.3 is 0 Å². The first-order chi connectivity index (χ1) is 14.0. The van der Waals surface area contributed by atoms with E-state index in [1.807, 2.05) is 0 Å². The molecule has 1 aromatic carbocycles. The fraction of sp³-hybridized carbons (Fsp3) is 0.550. The number of hydrogen-bond acceptors (Lipinski definition) is 6. The Morgan fingerprint density at radius 3 is 2.14 bits per heavy atom. The fourth-order valence-corrected chi connectivity index (χ4v) is 3.27. The number of benzene rings is 1. The Balaban J connectivity index is 1.92. The first kappa shape index (κ1) is 22.3. The molecule has 4 N–H and O–H groups in total. The van der Waals surface area contributed by atoms with Gasteiger partial charge in [-0.1, -0.05) is 19.3 Å². The van der Waals surface area contributed by atoms with Crippen LogP contribution in [0.5, 0.6) is 17.2 Å². The van der Waals surface area contributed by atoms with E-state index in [-0.39, 0.29) is 41.6 Å². The molecule has 1 saturated carbocycles. The number of nitrogens with two attached hydrogens (primary N) is 1. The van der Waals surface area contributed by atoms with Crippen LogP contribution in [0, 0.1) is 5.92 Å². The van der Waals surface area contributed by atoms with Crippen LogP contribution in [0.4, 0.5) is 0 Å². The minimum absolute atomic E-state index is 0.0539. The van der Waals surface area contributed by atoms with Gasteiger partial charge in [0.05, 0.1) is 14.2 Å². The first-order valence-corrected chi connectivity index (χ1v) is 9.69. The van der Waals surface area contributed by atoms with Crippen molar-refractivity contribution in [1.82, 2.24) is 10.6 Å². The number of nitrogens with one attached hydrogen (secondary N) is 2. The number of methoxy groups -OCH3 is 2. The zero-order valence-electron chi connectivity index (χ0n) is 16.9. The Morgan fingerprint density at radius 2 is 1.59 bits per heavy atom. The van der Waals surface area contributed by atoms with Crippen molar-refractivity contribution in [2.24, 2.45) is 11.7 Å². The van der Waals surface area contributed by atoms with Gasteiger partial charge in [-0.05, 0) is 25.0 Å². The Labute approximate surface area is 170 Å². The van der Waals surface area contributed by atoms with Crippen LogP contribution in [0.25, 0.3) is 0 Å². The molecule has 29 heavy (non-hydrogen) atoms. The lowest BCUT2D eigenvalue weighted by molar-refractivity contribution is -0.125. The number of ether oxygens (including phenoxy) is 3. The van der Waals surface area contributed by atoms with E-state index >= 15 is 0 Å². The first-order valence-electron chi connectivity index (χ1n) is 9.69. The summed E-state index contributed by atoms with van der Waals surface area (Å²) in [5.74, 6) is -0.201. The van der Waals surface area contributed by atoms with Gasteiger partial charge in [-0.3, -0.25) is 14.4 Å². The monoisotopic (exact) mass is 407 g/mol. The molecule has 3 amide bonds. The maximum atomic E-state index is 12.5. The zero-order chi connectivity index (χ0) is 21.2. The summed E-state index contributed by atoms with van der Waals surface area (Å²) in [5.41, 5.74) is 5.39. The molecule has 0 aliphatic heterocycles. The Morgan fingerprint density at radius 1 is 1.00 bits per heavy atom. The Kier molecular flexibility index (Phi) is 8.57. The van der Waals surface area contributed by atoms with Crippen molar-refractivity contribution >= 4 is 17.7 Å². The number of carbonyl (C=O) groups is 3. The van der Waals surface area contributed by atoms with E-state index in [2.05, 4.69) is 10.6 Å². The van der Waals surface area contributed by atoms with Crippen LogP contribution < -0.4 is 30.6 Å². The quantitative estimate of drug-likeness (QED) is 0.496. The maximum absolute atomic E-state index is 12.5. The minimum Gasteiger partial charge on any atom is -0.493 e. The van der Waals surface area contributed by atoms with E-state index in [1.165, 1.54) is 32.8 Å². The summed E-state index contributed by atoms with van der Waals surface area (Å²) in [5, 5.41) is 5.62. The van der Waals surface area contributed by atoms with Gasteiger partial charge in [-0.15, -0.1) is 0 Å². The molecular formula is C20H29N3O6. The molecule has 160 valence electrons. The molecule has 0 radical (unpaired) electrons. The van der Waals surface area contributed by atoms with Gasteiger partial charge in [0, 0.05) is 24.6 Å². The molecule has 1 aromatic rings. The van der Waals surface area contributed by atoms with Crippen LogP contribution >= 0.6 is 0 Å². The molecule has 0 aromatic heterocycles. The van der Waals surface area contributed by atoms with Crippen LogP contribution in [0.2, 0.25) is 0 Å². The molecule has 0 unspecified atom stereocenters. The normalized spacial score (nSPS) is 14.0. The molecule has 1 aliphatic rings. The van der Waals surface area contributed by atoms with Crippen molar-refractivity contribution in [2.75, 3.05) is 33.9 Å². The summed E-state index contributed by atoms with van der Waals surface area (Å²) in [4.78, 5) is 35.5. The van der Waals surface area contributed by atoms with Crippen molar-refractivity contribution in [1.29, 1.82) is 0 Å². The van der Waals surface area contributed by atoms with Gasteiger partial charge in [0.25, 0.3) is 11.8 Å². The fourth-order valence-electron chi connectivity index (χ4n) is 3.27. The van der Waals surface area contributed by atoms with E-state index in [1.54, 1.807) is 0 Å². The molecule has 0 heterocycles. The van der Waals surface area contributed by atoms with E-state index < -0.39 is 5.91 Å². The van der Waals surface area contributed by atoms with Crippen molar-refractivity contribution in [3.63, 3.8) is 0 Å². The highest BCUT2D eigenvalue weighted by atomic mass is 16.5. The highest BCUT2D eigenvalue weighted by molar-refractivity contribution is 5.95. The van der Waals surface area contributed by atoms with Crippen molar-refractivity contribution in [3.8, 4) is 17.2 Å². The van der Waals surface area contributed by atoms with Gasteiger partial charge < -0.3 is 30.6 Å². The number of primary amides is 1. The summed E-state index contributed by atoms with van der Waals surface area (Å²) in [6.07, 6.45) is 5.25. The lowest BCUT2D eigenvalue weighted by Gasteiger charge is -2.20. The molecule has 9 nitrogen and oxygen atoms in total. The minimum atomic E-state index is -0.647. The van der Waals surface area contributed by atoms with Crippen molar-refractivity contribution < 1.29 is 28.6 Å². The lowest BCUT2D eigenvalue weighted by atomic mass is 9.89. The molecule has 1 aliphatic carbocycles. The Hall–Kier alpha value is -2.97. The molecule has 0 bridgehead atoms. The average Bonchev–Trinajstić information content (AvgIpc) is 2.74. The van der Waals surface area contributed by atoms with E-state index in [4.69, 9.17) is 19.9 Å². The van der Waals surface area contributed by atoms with Crippen molar-refractivity contribution in [2.45, 2.75) is 32.1 Å². The summed E-state index contributed by atoms with van der Waals surface area (Å²) in [7, 11) is 2.82. The van der Waals surface area contributed by atoms with E-state index in [0.717, 1.165) is 25.7 Å². The third-order valence-electron chi connectivity index (χ3n) is 4.77. The van der Waals surface area contributed by atoms with E-state index in [9.17, 15) is 14.4 Å². The lowest BCUT2D eigenvalue weighted by Crippen LogP contribution is -2.38. The van der Waals surface area contributed by atoms with Gasteiger partial charge in [0.2, 0.25) is 11.7 Å². The summed E-state index contributed by atoms with van der Waals surface area (Å²) in [6, 6.07) is 2.96. The van der Waals surface area contributed by atoms with Crippen LogP contribution in [-0.4, -0.2) is 51.6 Å². The van der Waals surface area contributed by atoms with Crippen LogP contribution in [0.3, 0.4) is 0 Å². The van der Waals surface area contributed by atoms with Gasteiger partial charge in [-0.25, -0.2) is 0 Å². The second-order valence-corrected chi connectivity index (χ2v) is 6.85. The van der Waals surface area contributed by atoms with Gasteiger partial charge in [0.15, 0.2) is 18.1 Å². The van der Waals surface area contributed by atoms with E-state index in [0.29, 0.717) is 18.7 Å². The average molecular weight is 407 g/mol. The smallest absolute Gasteiger partial charge is 0.255 e. The van der Waals surface area contributed by atoms with Crippen LogP contribution in [0.1, 0.15) is 42.5 Å². The second-order valence-electron chi connectivity index (χ2n) is 6.85. The molecule has 0 spiro atoms. The number of carbonyl (C=O) groups excluding carboxylic acids is 3. The van der Waals surface area contributed by atoms with Gasteiger partial charge in [0.1, 0.15) is 0 Å². The number of amides is 3. The predicted molar refractivity (Wildman–Crippen MR) is 106 cm³/mol. The summed E-state index contributed by atoms with van der Waals surface area (Å²) >= 11 is 0. The highest BCUT2D eigenvalue weighted by Crippen LogP contribution is 2.38. The number of rotatable bonds is 10. The number of hydrogen-bond donors (Lipinski definition) is 3. The predicted octanol–water partition coefficient (Wildman–Crippen LogP) is 0.994. The molecule has 1 fully saturated rings. The third kappa shape index (κ3) is 6.55. The molecular weight excluding hydrogens is 378 g/mol.